The van der Waals surface area contributed by atoms with Gasteiger partial charge < -0.3 is 5.73 Å². The van der Waals surface area contributed by atoms with Gasteiger partial charge in [0.2, 0.25) is 5.91 Å². The number of thioether (sulfide) groups is 1. The fourth-order valence-electron chi connectivity index (χ4n) is 1.41. The topological polar surface area (TPSA) is 73.8 Å². The molecule has 2 N–H and O–H groups in total. The Hall–Kier alpha value is -1.24. The van der Waals surface area contributed by atoms with Gasteiger partial charge in [0, 0.05) is 5.75 Å². The molecule has 0 aliphatic heterocycles. The Morgan fingerprint density at radius 1 is 1.45 bits per heavy atom. The van der Waals surface area contributed by atoms with E-state index in [-0.39, 0.29) is 11.2 Å². The highest BCUT2D eigenvalue weighted by molar-refractivity contribution is 7.99. The predicted octanol–water partition coefficient (Wildman–Crippen LogP) is 2.68. The number of aromatic nitrogens is 3. The second kappa shape index (κ2) is 6.47. The van der Waals surface area contributed by atoms with Crippen molar-refractivity contribution in [3.63, 3.8) is 0 Å². The van der Waals surface area contributed by atoms with Crippen molar-refractivity contribution in [3.8, 4) is 5.69 Å². The minimum atomic E-state index is -0.341. The van der Waals surface area contributed by atoms with Crippen LogP contribution < -0.4 is 5.73 Å². The number of carbonyl (C=O) groups excluding carboxylic acids is 1. The minimum absolute atomic E-state index is 0.259. The van der Waals surface area contributed by atoms with Crippen molar-refractivity contribution in [2.75, 3.05) is 0 Å². The van der Waals surface area contributed by atoms with Crippen molar-refractivity contribution in [1.82, 2.24) is 15.0 Å². The summed E-state index contributed by atoms with van der Waals surface area (Å²) in [5.41, 5.74) is 6.73. The third-order valence-electron chi connectivity index (χ3n) is 2.59. The number of benzene rings is 1. The molecule has 106 valence electrons. The SMILES string of the molecule is CC(SCc1cn(-c2ccc(Cl)c(Cl)c2)nn1)C(N)=O. The van der Waals surface area contributed by atoms with Gasteiger partial charge in [-0.3, -0.25) is 4.79 Å². The van der Waals surface area contributed by atoms with Crippen molar-refractivity contribution >= 4 is 40.9 Å². The smallest absolute Gasteiger partial charge is 0.230 e. The van der Waals surface area contributed by atoms with Gasteiger partial charge in [-0.05, 0) is 25.1 Å². The lowest BCUT2D eigenvalue weighted by atomic mass is 10.3. The largest absolute Gasteiger partial charge is 0.369 e. The molecule has 1 aromatic carbocycles. The van der Waals surface area contributed by atoms with E-state index in [0.29, 0.717) is 15.8 Å². The van der Waals surface area contributed by atoms with Gasteiger partial charge in [0.25, 0.3) is 0 Å². The molecule has 5 nitrogen and oxygen atoms in total. The van der Waals surface area contributed by atoms with Gasteiger partial charge in [-0.25, -0.2) is 4.68 Å². The molecule has 0 spiro atoms. The molecule has 20 heavy (non-hydrogen) atoms. The predicted molar refractivity (Wildman–Crippen MR) is 81.3 cm³/mol. The number of rotatable bonds is 5. The third kappa shape index (κ3) is 3.65. The van der Waals surface area contributed by atoms with Crippen LogP contribution in [0, 0.1) is 0 Å². The van der Waals surface area contributed by atoms with E-state index >= 15 is 0 Å². The third-order valence-corrected chi connectivity index (χ3v) is 4.52. The lowest BCUT2D eigenvalue weighted by Gasteiger charge is -2.04. The van der Waals surface area contributed by atoms with Crippen molar-refractivity contribution < 1.29 is 4.79 Å². The van der Waals surface area contributed by atoms with Crippen LogP contribution in [0.5, 0.6) is 0 Å². The maximum Gasteiger partial charge on any atom is 0.230 e. The van der Waals surface area contributed by atoms with Crippen LogP contribution in [0.25, 0.3) is 5.69 Å². The van der Waals surface area contributed by atoms with Crippen LogP contribution in [0.3, 0.4) is 0 Å². The Bertz CT molecular complexity index is 632. The van der Waals surface area contributed by atoms with Gasteiger partial charge in [0.05, 0.1) is 32.9 Å². The number of halogens is 2. The Morgan fingerprint density at radius 2 is 2.20 bits per heavy atom. The number of hydrogen-bond donors (Lipinski definition) is 1. The molecule has 1 heterocycles. The monoisotopic (exact) mass is 330 g/mol. The first-order valence-corrected chi connectivity index (χ1v) is 7.55. The average Bonchev–Trinajstić information content (AvgIpc) is 2.87. The molecule has 0 saturated heterocycles. The molecule has 1 atom stereocenters. The van der Waals surface area contributed by atoms with Crippen LogP contribution in [0.2, 0.25) is 10.0 Å². The van der Waals surface area contributed by atoms with Crippen LogP contribution >= 0.6 is 35.0 Å². The highest BCUT2D eigenvalue weighted by Crippen LogP contribution is 2.24. The summed E-state index contributed by atoms with van der Waals surface area (Å²) in [5, 5.41) is 8.74. The quantitative estimate of drug-likeness (QED) is 0.914. The zero-order valence-corrected chi connectivity index (χ0v) is 12.9. The van der Waals surface area contributed by atoms with Crippen molar-refractivity contribution in [1.29, 1.82) is 0 Å². The average molecular weight is 331 g/mol. The first-order valence-electron chi connectivity index (χ1n) is 5.75. The molecule has 1 amide bonds. The number of nitrogens with two attached hydrogens (primary N) is 1. The summed E-state index contributed by atoms with van der Waals surface area (Å²) in [6.45, 7) is 1.76. The minimum Gasteiger partial charge on any atom is -0.369 e. The van der Waals surface area contributed by atoms with E-state index in [4.69, 9.17) is 28.9 Å². The summed E-state index contributed by atoms with van der Waals surface area (Å²) in [6.07, 6.45) is 1.78. The Labute approximate surface area is 130 Å². The lowest BCUT2D eigenvalue weighted by Crippen LogP contribution is -2.22. The molecule has 0 fully saturated rings. The number of hydrogen-bond acceptors (Lipinski definition) is 4. The summed E-state index contributed by atoms with van der Waals surface area (Å²) in [7, 11) is 0. The number of carbonyl (C=O) groups is 1. The van der Waals surface area contributed by atoms with Gasteiger partial charge in [-0.15, -0.1) is 16.9 Å². The number of amides is 1. The van der Waals surface area contributed by atoms with Crippen LogP contribution in [-0.4, -0.2) is 26.2 Å². The molecule has 8 heteroatoms. The second-order valence-corrected chi connectivity index (χ2v) is 6.25. The number of nitrogens with zero attached hydrogens (tertiary/aromatic N) is 3. The first-order chi connectivity index (χ1) is 9.47. The molecule has 0 bridgehead atoms. The van der Waals surface area contributed by atoms with Crippen LogP contribution in [0.15, 0.2) is 24.4 Å². The van der Waals surface area contributed by atoms with E-state index in [1.807, 2.05) is 0 Å². The van der Waals surface area contributed by atoms with Crippen LogP contribution in [-0.2, 0) is 10.5 Å². The maximum absolute atomic E-state index is 10.9. The molecular weight excluding hydrogens is 319 g/mol. The van der Waals surface area contributed by atoms with E-state index in [1.54, 1.807) is 36.0 Å². The number of primary amides is 1. The zero-order chi connectivity index (χ0) is 14.7. The van der Waals surface area contributed by atoms with Gasteiger partial charge in [0.1, 0.15) is 0 Å². The molecule has 1 unspecified atom stereocenters. The fraction of sp³-hybridized carbons (Fsp3) is 0.250. The van der Waals surface area contributed by atoms with E-state index < -0.39 is 0 Å². The van der Waals surface area contributed by atoms with Gasteiger partial charge in [0.15, 0.2) is 0 Å². The zero-order valence-electron chi connectivity index (χ0n) is 10.6. The van der Waals surface area contributed by atoms with Gasteiger partial charge in [-0.2, -0.15) is 0 Å². The molecule has 2 aromatic rings. The van der Waals surface area contributed by atoms with E-state index in [1.165, 1.54) is 11.8 Å². The molecule has 2 rings (SSSR count). The standard InChI is InChI=1S/C12H12Cl2N4OS/c1-7(12(15)19)20-6-8-5-18(17-16-8)9-2-3-10(13)11(14)4-9/h2-5,7H,6H2,1H3,(H2,15,19). The van der Waals surface area contributed by atoms with E-state index in [0.717, 1.165) is 11.4 Å². The summed E-state index contributed by atoms with van der Waals surface area (Å²) in [5.74, 6) is 0.220. The van der Waals surface area contributed by atoms with Crippen molar-refractivity contribution in [2.24, 2.45) is 5.73 Å². The highest BCUT2D eigenvalue weighted by atomic mass is 35.5. The maximum atomic E-state index is 10.9. The molecular formula is C12H12Cl2N4OS. The van der Waals surface area contributed by atoms with Crippen molar-refractivity contribution in [2.45, 2.75) is 17.9 Å². The Morgan fingerprint density at radius 3 is 2.85 bits per heavy atom. The van der Waals surface area contributed by atoms with Crippen molar-refractivity contribution in [3.05, 3.63) is 40.1 Å². The van der Waals surface area contributed by atoms with E-state index in [9.17, 15) is 4.79 Å². The lowest BCUT2D eigenvalue weighted by molar-refractivity contribution is -0.117. The summed E-state index contributed by atoms with van der Waals surface area (Å²) >= 11 is 13.2. The van der Waals surface area contributed by atoms with E-state index in [2.05, 4.69) is 10.3 Å². The summed E-state index contributed by atoms with van der Waals surface area (Å²) in [4.78, 5) is 10.9. The molecule has 0 radical (unpaired) electrons. The summed E-state index contributed by atoms with van der Waals surface area (Å²) in [6, 6.07) is 5.21. The fourth-order valence-corrected chi connectivity index (χ4v) is 2.42. The highest BCUT2D eigenvalue weighted by Gasteiger charge is 2.11. The Kier molecular flexibility index (Phi) is 4.91. The molecule has 0 aliphatic rings. The second-order valence-electron chi connectivity index (χ2n) is 4.11. The normalized spacial score (nSPS) is 12.3. The Balaban J connectivity index is 2.08. The van der Waals surface area contributed by atoms with Crippen LogP contribution in [0.4, 0.5) is 0 Å². The van der Waals surface area contributed by atoms with Gasteiger partial charge in [-0.1, -0.05) is 28.4 Å². The molecule has 0 aliphatic carbocycles. The first kappa shape index (κ1) is 15.2. The molecule has 1 aromatic heterocycles. The van der Waals surface area contributed by atoms with Crippen LogP contribution in [0.1, 0.15) is 12.6 Å². The van der Waals surface area contributed by atoms with Gasteiger partial charge >= 0.3 is 0 Å². The summed E-state index contributed by atoms with van der Waals surface area (Å²) < 4.78 is 1.60. The molecule has 0 saturated carbocycles.